The van der Waals surface area contributed by atoms with Crippen molar-refractivity contribution in [1.29, 1.82) is 0 Å². The maximum atomic E-state index is 12.9. The second kappa shape index (κ2) is 10.5. The Morgan fingerprint density at radius 2 is 1.88 bits per heavy atom. The number of rotatable bonds is 9. The van der Waals surface area contributed by atoms with E-state index >= 15 is 0 Å². The average molecular weight is 488 g/mol. The lowest BCUT2D eigenvalue weighted by Crippen LogP contribution is -2.16. The summed E-state index contributed by atoms with van der Waals surface area (Å²) in [6.45, 7) is 0.472. The van der Waals surface area contributed by atoms with Crippen LogP contribution in [0.2, 0.25) is 0 Å². The molecule has 34 heavy (non-hydrogen) atoms. The second-order valence-electron chi connectivity index (χ2n) is 7.08. The summed E-state index contributed by atoms with van der Waals surface area (Å²) in [5, 5.41) is 11.3. The molecule has 0 spiro atoms. The van der Waals surface area contributed by atoms with Gasteiger partial charge in [0.1, 0.15) is 18.1 Å². The molecule has 0 radical (unpaired) electrons. The summed E-state index contributed by atoms with van der Waals surface area (Å²) in [5.41, 5.74) is -0.770. The molecule has 176 valence electrons. The van der Waals surface area contributed by atoms with Crippen molar-refractivity contribution in [2.24, 2.45) is 0 Å². The lowest BCUT2D eigenvalue weighted by atomic mass is 10.2. The van der Waals surface area contributed by atoms with E-state index in [-0.39, 0.29) is 18.0 Å². The molecular formula is C23H19F3N4O3S. The molecule has 4 aromatic rings. The molecule has 0 saturated carbocycles. The highest BCUT2D eigenvalue weighted by Gasteiger charge is 2.30. The number of carbonyl (C=O) groups is 1. The first-order valence-corrected chi connectivity index (χ1v) is 11.1. The molecule has 0 aliphatic carbocycles. The molecule has 1 amide bonds. The number of carbonyl (C=O) groups excluding carboxylic acids is 1. The van der Waals surface area contributed by atoms with Crippen molar-refractivity contribution < 1.29 is 27.1 Å². The highest BCUT2D eigenvalue weighted by atomic mass is 32.2. The molecule has 0 unspecified atom stereocenters. The molecule has 0 fully saturated rings. The molecule has 11 heteroatoms. The fourth-order valence-corrected chi connectivity index (χ4v) is 3.77. The fourth-order valence-electron chi connectivity index (χ4n) is 3.01. The van der Waals surface area contributed by atoms with Crippen molar-refractivity contribution in [2.45, 2.75) is 24.5 Å². The molecule has 0 atom stereocenters. The minimum Gasteiger partial charge on any atom is -0.486 e. The van der Waals surface area contributed by atoms with Crippen molar-refractivity contribution >= 4 is 23.4 Å². The number of furan rings is 1. The zero-order chi connectivity index (χ0) is 24.0. The Bertz CT molecular complexity index is 1230. The summed E-state index contributed by atoms with van der Waals surface area (Å²) >= 11 is 1.11. The van der Waals surface area contributed by atoms with Crippen LogP contribution in [0.3, 0.4) is 0 Å². The van der Waals surface area contributed by atoms with Gasteiger partial charge >= 0.3 is 6.18 Å². The first-order valence-electron chi connectivity index (χ1n) is 10.1. The largest absolute Gasteiger partial charge is 0.486 e. The summed E-state index contributed by atoms with van der Waals surface area (Å²) < 4.78 is 51.7. The Kier molecular flexibility index (Phi) is 7.21. The summed E-state index contributed by atoms with van der Waals surface area (Å²) in [6.07, 6.45) is -2.94. The van der Waals surface area contributed by atoms with E-state index in [9.17, 15) is 18.0 Å². The van der Waals surface area contributed by atoms with Gasteiger partial charge in [-0.3, -0.25) is 9.36 Å². The predicted octanol–water partition coefficient (Wildman–Crippen LogP) is 5.25. The minimum absolute atomic E-state index is 0.0643. The quantitative estimate of drug-likeness (QED) is 0.324. The lowest BCUT2D eigenvalue weighted by molar-refractivity contribution is -0.137. The van der Waals surface area contributed by atoms with Crippen LogP contribution < -0.4 is 10.1 Å². The van der Waals surface area contributed by atoms with E-state index in [1.807, 2.05) is 30.3 Å². The lowest BCUT2D eigenvalue weighted by Gasteiger charge is -2.11. The Labute approximate surface area is 196 Å². The van der Waals surface area contributed by atoms with E-state index in [0.29, 0.717) is 29.0 Å². The van der Waals surface area contributed by atoms with Crippen LogP contribution in [0.25, 0.3) is 0 Å². The second-order valence-corrected chi connectivity index (χ2v) is 8.02. The number of halogens is 3. The Morgan fingerprint density at radius 3 is 2.62 bits per heavy atom. The normalized spacial score (nSPS) is 11.4. The number of nitrogens with one attached hydrogen (secondary N) is 1. The van der Waals surface area contributed by atoms with Gasteiger partial charge in [-0.05, 0) is 42.5 Å². The highest BCUT2D eigenvalue weighted by molar-refractivity contribution is 7.99. The third-order valence-electron chi connectivity index (χ3n) is 4.60. The Hall–Kier alpha value is -3.73. The zero-order valence-corrected chi connectivity index (χ0v) is 18.5. The first-order chi connectivity index (χ1) is 16.4. The van der Waals surface area contributed by atoms with E-state index < -0.39 is 17.6 Å². The zero-order valence-electron chi connectivity index (χ0n) is 17.7. The van der Waals surface area contributed by atoms with Crippen molar-refractivity contribution in [3.63, 3.8) is 0 Å². The SMILES string of the molecule is O=C(CSc1nnc(COc2ccccc2)n1Cc1ccco1)Nc1cccc(C(F)(F)F)c1. The number of hydrogen-bond acceptors (Lipinski definition) is 6. The van der Waals surface area contributed by atoms with Crippen LogP contribution in [0.4, 0.5) is 18.9 Å². The fraction of sp³-hybridized carbons (Fsp3) is 0.174. The van der Waals surface area contributed by atoms with Gasteiger partial charge in [0.15, 0.2) is 11.0 Å². The van der Waals surface area contributed by atoms with Crippen LogP contribution in [0, 0.1) is 0 Å². The Balaban J connectivity index is 1.43. The van der Waals surface area contributed by atoms with Gasteiger partial charge in [0.2, 0.25) is 5.91 Å². The van der Waals surface area contributed by atoms with E-state index in [1.54, 1.807) is 23.0 Å². The van der Waals surface area contributed by atoms with Gasteiger partial charge in [-0.1, -0.05) is 36.0 Å². The summed E-state index contributed by atoms with van der Waals surface area (Å²) in [6, 6.07) is 17.3. The minimum atomic E-state index is -4.49. The summed E-state index contributed by atoms with van der Waals surface area (Å²) in [5.74, 6) is 1.31. The molecule has 4 rings (SSSR count). The van der Waals surface area contributed by atoms with E-state index in [2.05, 4.69) is 15.5 Å². The molecule has 2 heterocycles. The van der Waals surface area contributed by atoms with Gasteiger partial charge in [0.25, 0.3) is 0 Å². The van der Waals surface area contributed by atoms with E-state index in [4.69, 9.17) is 9.15 Å². The number of amides is 1. The van der Waals surface area contributed by atoms with Crippen LogP contribution >= 0.6 is 11.8 Å². The van der Waals surface area contributed by atoms with Crippen molar-refractivity contribution in [3.05, 3.63) is 90.1 Å². The first kappa shape index (κ1) is 23.4. The van der Waals surface area contributed by atoms with Gasteiger partial charge < -0.3 is 14.5 Å². The summed E-state index contributed by atoms with van der Waals surface area (Å²) in [4.78, 5) is 12.4. The van der Waals surface area contributed by atoms with Crippen LogP contribution in [0.1, 0.15) is 17.1 Å². The smallest absolute Gasteiger partial charge is 0.416 e. The maximum absolute atomic E-state index is 12.9. The molecule has 0 saturated heterocycles. The third kappa shape index (κ3) is 6.19. The van der Waals surface area contributed by atoms with Crippen molar-refractivity contribution in [2.75, 3.05) is 11.1 Å². The van der Waals surface area contributed by atoms with Crippen LogP contribution in [-0.2, 0) is 24.1 Å². The van der Waals surface area contributed by atoms with Crippen LogP contribution in [0.5, 0.6) is 5.75 Å². The van der Waals surface area contributed by atoms with Gasteiger partial charge in [0, 0.05) is 5.69 Å². The monoisotopic (exact) mass is 488 g/mol. The highest BCUT2D eigenvalue weighted by Crippen LogP contribution is 2.30. The van der Waals surface area contributed by atoms with E-state index in [1.165, 1.54) is 12.1 Å². The number of para-hydroxylation sites is 1. The number of alkyl halides is 3. The van der Waals surface area contributed by atoms with Gasteiger partial charge in [-0.25, -0.2) is 0 Å². The molecule has 1 N–H and O–H groups in total. The van der Waals surface area contributed by atoms with Gasteiger partial charge in [-0.2, -0.15) is 13.2 Å². The van der Waals surface area contributed by atoms with Crippen LogP contribution in [0.15, 0.2) is 82.6 Å². The molecule has 0 aliphatic rings. The maximum Gasteiger partial charge on any atom is 0.416 e. The van der Waals surface area contributed by atoms with E-state index in [0.717, 1.165) is 23.9 Å². The molecule has 2 aromatic carbocycles. The number of aromatic nitrogens is 3. The molecule has 7 nitrogen and oxygen atoms in total. The molecular weight excluding hydrogens is 469 g/mol. The number of thioether (sulfide) groups is 1. The predicted molar refractivity (Wildman–Crippen MR) is 119 cm³/mol. The van der Waals surface area contributed by atoms with Gasteiger partial charge in [0.05, 0.1) is 24.1 Å². The topological polar surface area (TPSA) is 82.2 Å². The number of nitrogens with zero attached hydrogens (tertiary/aromatic N) is 3. The van der Waals surface area contributed by atoms with Gasteiger partial charge in [-0.15, -0.1) is 10.2 Å². The van der Waals surface area contributed by atoms with Crippen molar-refractivity contribution in [1.82, 2.24) is 14.8 Å². The molecule has 0 aliphatic heterocycles. The number of benzene rings is 2. The summed E-state index contributed by atoms with van der Waals surface area (Å²) in [7, 11) is 0. The Morgan fingerprint density at radius 1 is 1.06 bits per heavy atom. The number of ether oxygens (including phenoxy) is 1. The van der Waals surface area contributed by atoms with Crippen molar-refractivity contribution in [3.8, 4) is 5.75 Å². The molecule has 2 aromatic heterocycles. The third-order valence-corrected chi connectivity index (χ3v) is 5.57. The average Bonchev–Trinajstić information content (AvgIpc) is 3.47. The number of anilines is 1. The molecule has 0 bridgehead atoms. The van der Waals surface area contributed by atoms with Crippen LogP contribution in [-0.4, -0.2) is 26.4 Å². The standard InChI is InChI=1S/C23H19F3N4O3S/c24-23(25,26)16-6-4-7-17(12-16)27-21(31)15-34-22-29-28-20(14-33-18-8-2-1-3-9-18)30(22)13-19-10-5-11-32-19/h1-12H,13-15H2,(H,27,31). The number of hydrogen-bond donors (Lipinski definition) is 1.